The molecule has 0 aliphatic carbocycles. The van der Waals surface area contributed by atoms with E-state index in [4.69, 9.17) is 4.74 Å². The van der Waals surface area contributed by atoms with Crippen LogP contribution in [0.1, 0.15) is 41.6 Å². The molecular formula is C17H29N3O2. The van der Waals surface area contributed by atoms with Gasteiger partial charge in [0.25, 0.3) is 0 Å². The normalized spacial score (nSPS) is 16.4. The highest BCUT2D eigenvalue weighted by atomic mass is 16.5. The number of ketones is 1. The van der Waals surface area contributed by atoms with Crippen LogP contribution in [0.15, 0.2) is 6.07 Å². The number of nitrogens with one attached hydrogen (secondary N) is 1. The topological polar surface area (TPSA) is 46.5 Å². The number of carbonyl (C=O) groups excluding carboxylic acids is 1. The smallest absolute Gasteiger partial charge is 0.178 e. The minimum atomic E-state index is 0.182. The molecule has 124 valence electrons. The maximum atomic E-state index is 12.4. The molecule has 0 spiro atoms. The van der Waals surface area contributed by atoms with E-state index in [0.717, 1.165) is 56.3 Å². The molecule has 1 fully saturated rings. The number of hydrogen-bond donors (Lipinski definition) is 1. The fraction of sp³-hybridized carbons (Fsp3) is 0.706. The van der Waals surface area contributed by atoms with Gasteiger partial charge in [-0.05, 0) is 33.8 Å². The minimum absolute atomic E-state index is 0.182. The van der Waals surface area contributed by atoms with E-state index in [-0.39, 0.29) is 5.78 Å². The molecule has 0 unspecified atom stereocenters. The lowest BCUT2D eigenvalue weighted by Gasteiger charge is -2.26. The molecule has 1 aliphatic heterocycles. The van der Waals surface area contributed by atoms with Crippen molar-refractivity contribution in [3.05, 3.63) is 23.0 Å². The standard InChI is InChI=1S/C17H29N3O2/c1-13(2)20-14(3)11-16(15(20)4)17(21)12-18-5-6-19-7-9-22-10-8-19/h11,13,18H,5-10,12H2,1-4H3. The van der Waals surface area contributed by atoms with Crippen molar-refractivity contribution in [1.29, 1.82) is 0 Å². The number of carbonyl (C=O) groups is 1. The van der Waals surface area contributed by atoms with Crippen LogP contribution in [0.4, 0.5) is 0 Å². The highest BCUT2D eigenvalue weighted by Crippen LogP contribution is 2.20. The van der Waals surface area contributed by atoms with Crippen molar-refractivity contribution in [2.45, 2.75) is 33.7 Å². The SMILES string of the molecule is Cc1cc(C(=O)CNCCN2CCOCC2)c(C)n1C(C)C. The number of aromatic nitrogens is 1. The minimum Gasteiger partial charge on any atom is -0.379 e. The Morgan fingerprint density at radius 2 is 2.00 bits per heavy atom. The first kappa shape index (κ1) is 17.2. The molecule has 0 bridgehead atoms. The summed E-state index contributed by atoms with van der Waals surface area (Å²) in [6.45, 7) is 14.2. The second kappa shape index (κ2) is 7.90. The Kier molecular flexibility index (Phi) is 6.17. The van der Waals surface area contributed by atoms with Crippen molar-refractivity contribution in [1.82, 2.24) is 14.8 Å². The van der Waals surface area contributed by atoms with E-state index >= 15 is 0 Å². The van der Waals surface area contributed by atoms with Gasteiger partial charge in [-0.25, -0.2) is 0 Å². The Labute approximate surface area is 133 Å². The second-order valence-electron chi connectivity index (χ2n) is 6.30. The maximum Gasteiger partial charge on any atom is 0.178 e. The van der Waals surface area contributed by atoms with Gasteiger partial charge in [0.1, 0.15) is 0 Å². The van der Waals surface area contributed by atoms with Gasteiger partial charge in [0.05, 0.1) is 19.8 Å². The molecule has 1 N–H and O–H groups in total. The van der Waals surface area contributed by atoms with Gasteiger partial charge >= 0.3 is 0 Å². The van der Waals surface area contributed by atoms with Crippen molar-refractivity contribution >= 4 is 5.78 Å². The molecule has 1 aromatic rings. The summed E-state index contributed by atoms with van der Waals surface area (Å²) in [6, 6.07) is 2.40. The summed E-state index contributed by atoms with van der Waals surface area (Å²) in [5.41, 5.74) is 3.08. The van der Waals surface area contributed by atoms with Crippen molar-refractivity contribution < 1.29 is 9.53 Å². The fourth-order valence-electron chi connectivity index (χ4n) is 3.21. The first-order valence-electron chi connectivity index (χ1n) is 8.23. The number of nitrogens with zero attached hydrogens (tertiary/aromatic N) is 2. The van der Waals surface area contributed by atoms with Crippen molar-refractivity contribution in [3.63, 3.8) is 0 Å². The van der Waals surface area contributed by atoms with Gasteiger partial charge in [0, 0.05) is 49.2 Å². The number of rotatable bonds is 7. The molecular weight excluding hydrogens is 278 g/mol. The van der Waals surface area contributed by atoms with Gasteiger partial charge in [-0.3, -0.25) is 9.69 Å². The van der Waals surface area contributed by atoms with Crippen LogP contribution < -0.4 is 5.32 Å². The quantitative estimate of drug-likeness (QED) is 0.616. The van der Waals surface area contributed by atoms with Crippen LogP contribution in [-0.4, -0.2) is 61.2 Å². The molecule has 1 aliphatic rings. The third kappa shape index (κ3) is 4.18. The molecule has 0 amide bonds. The summed E-state index contributed by atoms with van der Waals surface area (Å²) in [7, 11) is 0. The number of hydrogen-bond acceptors (Lipinski definition) is 4. The van der Waals surface area contributed by atoms with Gasteiger partial charge in [0.15, 0.2) is 5.78 Å². The third-order valence-electron chi connectivity index (χ3n) is 4.30. The summed E-state index contributed by atoms with van der Waals surface area (Å²) in [5, 5.41) is 3.27. The highest BCUT2D eigenvalue weighted by Gasteiger charge is 2.17. The zero-order valence-corrected chi connectivity index (χ0v) is 14.3. The van der Waals surface area contributed by atoms with E-state index in [1.165, 1.54) is 0 Å². The number of morpholine rings is 1. The molecule has 0 aromatic carbocycles. The van der Waals surface area contributed by atoms with E-state index < -0.39 is 0 Å². The predicted octanol–water partition coefficient (Wildman–Crippen LogP) is 1.79. The Hall–Kier alpha value is -1.17. The first-order valence-corrected chi connectivity index (χ1v) is 8.23. The zero-order valence-electron chi connectivity index (χ0n) is 14.3. The summed E-state index contributed by atoms with van der Waals surface area (Å²) < 4.78 is 7.55. The average molecular weight is 307 g/mol. The van der Waals surface area contributed by atoms with Gasteiger partial charge < -0.3 is 14.6 Å². The van der Waals surface area contributed by atoms with E-state index in [1.807, 2.05) is 13.0 Å². The molecule has 0 atom stereocenters. The summed E-state index contributed by atoms with van der Waals surface area (Å²) in [5.74, 6) is 0.182. The van der Waals surface area contributed by atoms with E-state index in [0.29, 0.717) is 12.6 Å². The van der Waals surface area contributed by atoms with Crippen LogP contribution in [0.5, 0.6) is 0 Å². The monoisotopic (exact) mass is 307 g/mol. The fourth-order valence-corrected chi connectivity index (χ4v) is 3.21. The van der Waals surface area contributed by atoms with Crippen LogP contribution in [0.25, 0.3) is 0 Å². The van der Waals surface area contributed by atoms with Crippen LogP contribution >= 0.6 is 0 Å². The van der Waals surface area contributed by atoms with Crippen molar-refractivity contribution in [3.8, 4) is 0 Å². The molecule has 5 heteroatoms. The van der Waals surface area contributed by atoms with Gasteiger partial charge in [0.2, 0.25) is 0 Å². The molecule has 0 saturated carbocycles. The summed E-state index contributed by atoms with van der Waals surface area (Å²) in [4.78, 5) is 14.8. The number of Topliss-reactive ketones (excluding diaryl/α,β-unsaturated/α-hetero) is 1. The zero-order chi connectivity index (χ0) is 16.1. The van der Waals surface area contributed by atoms with Gasteiger partial charge in [-0.2, -0.15) is 0 Å². The lowest BCUT2D eigenvalue weighted by Crippen LogP contribution is -2.41. The molecule has 0 radical (unpaired) electrons. The van der Waals surface area contributed by atoms with Crippen molar-refractivity contribution in [2.75, 3.05) is 45.9 Å². The summed E-state index contributed by atoms with van der Waals surface area (Å²) in [6.07, 6.45) is 0. The van der Waals surface area contributed by atoms with Gasteiger partial charge in [-0.15, -0.1) is 0 Å². The highest BCUT2D eigenvalue weighted by molar-refractivity contribution is 5.99. The molecule has 2 heterocycles. The molecule has 2 rings (SSSR count). The largest absolute Gasteiger partial charge is 0.379 e. The van der Waals surface area contributed by atoms with E-state index in [9.17, 15) is 4.79 Å². The summed E-state index contributed by atoms with van der Waals surface area (Å²) >= 11 is 0. The number of aryl methyl sites for hydroxylation is 1. The molecule has 1 aromatic heterocycles. The van der Waals surface area contributed by atoms with E-state index in [1.54, 1.807) is 0 Å². The van der Waals surface area contributed by atoms with Crippen LogP contribution in [0.3, 0.4) is 0 Å². The van der Waals surface area contributed by atoms with Crippen LogP contribution in [0.2, 0.25) is 0 Å². The molecule has 22 heavy (non-hydrogen) atoms. The Balaban J connectivity index is 1.81. The Morgan fingerprint density at radius 1 is 1.32 bits per heavy atom. The Morgan fingerprint density at radius 3 is 2.59 bits per heavy atom. The predicted molar refractivity (Wildman–Crippen MR) is 88.8 cm³/mol. The molecule has 5 nitrogen and oxygen atoms in total. The van der Waals surface area contributed by atoms with Crippen LogP contribution in [0, 0.1) is 13.8 Å². The van der Waals surface area contributed by atoms with E-state index in [2.05, 4.69) is 35.6 Å². The number of ether oxygens (including phenoxy) is 1. The third-order valence-corrected chi connectivity index (χ3v) is 4.30. The Bertz CT molecular complexity index is 502. The average Bonchev–Trinajstić information content (AvgIpc) is 2.79. The molecule has 1 saturated heterocycles. The lowest BCUT2D eigenvalue weighted by molar-refractivity contribution is 0.0384. The van der Waals surface area contributed by atoms with Crippen LogP contribution in [-0.2, 0) is 4.74 Å². The lowest BCUT2D eigenvalue weighted by atomic mass is 10.1. The van der Waals surface area contributed by atoms with Gasteiger partial charge in [-0.1, -0.05) is 0 Å². The maximum absolute atomic E-state index is 12.4. The van der Waals surface area contributed by atoms with Crippen molar-refractivity contribution in [2.24, 2.45) is 0 Å². The second-order valence-corrected chi connectivity index (χ2v) is 6.30. The first-order chi connectivity index (χ1) is 10.5.